The molecule has 1 fully saturated rings. The Balaban J connectivity index is 1.47. The van der Waals surface area contributed by atoms with Crippen LogP contribution < -0.4 is 21.3 Å². The topological polar surface area (TPSA) is 108 Å². The first-order valence-corrected chi connectivity index (χ1v) is 9.50. The fraction of sp³-hybridized carbons (Fsp3) is 0.286. The predicted molar refractivity (Wildman–Crippen MR) is 112 cm³/mol. The van der Waals surface area contributed by atoms with E-state index in [-0.39, 0.29) is 11.9 Å². The van der Waals surface area contributed by atoms with Gasteiger partial charge >= 0.3 is 6.03 Å². The van der Waals surface area contributed by atoms with Crippen molar-refractivity contribution in [2.24, 2.45) is 5.73 Å². The van der Waals surface area contributed by atoms with Crippen LogP contribution in [0.25, 0.3) is 0 Å². The van der Waals surface area contributed by atoms with Crippen molar-refractivity contribution >= 4 is 29.2 Å². The maximum Gasteiger partial charge on any atom is 0.318 e. The fourth-order valence-electron chi connectivity index (χ4n) is 3.12. The molecule has 0 unspecified atom stereocenters. The Morgan fingerprint density at radius 3 is 2.14 bits per heavy atom. The van der Waals surface area contributed by atoms with E-state index in [1.807, 2.05) is 18.2 Å². The highest BCUT2D eigenvalue weighted by atomic mass is 16.2. The molecule has 8 heteroatoms. The number of nitrogens with two attached hydrogens (primary N) is 1. The number of hydrogen-bond acceptors (Lipinski definition) is 4. The predicted octanol–water partition coefficient (Wildman–Crippen LogP) is 1.64. The van der Waals surface area contributed by atoms with E-state index in [9.17, 15) is 14.4 Å². The lowest BCUT2D eigenvalue weighted by Gasteiger charge is -2.36. The van der Waals surface area contributed by atoms with Gasteiger partial charge in [-0.1, -0.05) is 18.2 Å². The molecular formula is C21H25N5O3. The Kier molecular flexibility index (Phi) is 6.33. The molecule has 29 heavy (non-hydrogen) atoms. The van der Waals surface area contributed by atoms with Crippen LogP contribution in [0.3, 0.4) is 0 Å². The van der Waals surface area contributed by atoms with Crippen molar-refractivity contribution in [2.75, 3.05) is 36.4 Å². The number of hydrogen-bond donors (Lipinski definition) is 3. The van der Waals surface area contributed by atoms with Crippen LogP contribution in [0.1, 0.15) is 17.3 Å². The molecule has 4 N–H and O–H groups in total. The van der Waals surface area contributed by atoms with Gasteiger partial charge in [-0.25, -0.2) is 4.79 Å². The van der Waals surface area contributed by atoms with Crippen molar-refractivity contribution < 1.29 is 14.4 Å². The second-order valence-electron chi connectivity index (χ2n) is 6.91. The third-order valence-electron chi connectivity index (χ3n) is 4.86. The van der Waals surface area contributed by atoms with Gasteiger partial charge in [0.2, 0.25) is 11.8 Å². The minimum Gasteiger partial charge on any atom is -0.368 e. The minimum absolute atomic E-state index is 0.260. The lowest BCUT2D eigenvalue weighted by molar-refractivity contribution is -0.117. The van der Waals surface area contributed by atoms with E-state index in [0.29, 0.717) is 24.3 Å². The Morgan fingerprint density at radius 2 is 1.55 bits per heavy atom. The first-order chi connectivity index (χ1) is 13.9. The van der Waals surface area contributed by atoms with Crippen LogP contribution in [0.5, 0.6) is 0 Å². The summed E-state index contributed by atoms with van der Waals surface area (Å²) >= 11 is 0. The molecular weight excluding hydrogens is 370 g/mol. The zero-order valence-electron chi connectivity index (χ0n) is 16.3. The van der Waals surface area contributed by atoms with Crippen molar-refractivity contribution in [1.82, 2.24) is 10.2 Å². The number of carbonyl (C=O) groups is 3. The number of benzene rings is 2. The normalized spacial score (nSPS) is 14.8. The summed E-state index contributed by atoms with van der Waals surface area (Å²) in [6.07, 6.45) is 0. The van der Waals surface area contributed by atoms with E-state index < -0.39 is 11.9 Å². The van der Waals surface area contributed by atoms with Crippen LogP contribution in [0, 0.1) is 0 Å². The summed E-state index contributed by atoms with van der Waals surface area (Å²) in [5.41, 5.74) is 7.23. The number of piperazine rings is 1. The molecule has 1 aliphatic heterocycles. The quantitative estimate of drug-likeness (QED) is 0.715. The summed E-state index contributed by atoms with van der Waals surface area (Å²) in [7, 11) is 0. The average Bonchev–Trinajstić information content (AvgIpc) is 2.74. The average molecular weight is 395 g/mol. The van der Waals surface area contributed by atoms with E-state index in [2.05, 4.69) is 27.7 Å². The molecule has 0 bridgehead atoms. The van der Waals surface area contributed by atoms with Crippen molar-refractivity contribution in [1.29, 1.82) is 0 Å². The third-order valence-corrected chi connectivity index (χ3v) is 4.86. The van der Waals surface area contributed by atoms with Gasteiger partial charge in [-0.2, -0.15) is 0 Å². The van der Waals surface area contributed by atoms with Gasteiger partial charge in [-0.3, -0.25) is 9.59 Å². The smallest absolute Gasteiger partial charge is 0.318 e. The van der Waals surface area contributed by atoms with E-state index >= 15 is 0 Å². The number of rotatable bonds is 5. The molecule has 2 aromatic rings. The van der Waals surface area contributed by atoms with Crippen LogP contribution in [0.4, 0.5) is 16.2 Å². The van der Waals surface area contributed by atoms with Gasteiger partial charge < -0.3 is 26.2 Å². The molecule has 0 aliphatic carbocycles. The number of nitrogens with one attached hydrogen (secondary N) is 2. The summed E-state index contributed by atoms with van der Waals surface area (Å²) in [5.74, 6) is -0.871. The Bertz CT molecular complexity index is 862. The molecule has 3 rings (SSSR count). The molecule has 0 aromatic heterocycles. The molecule has 0 spiro atoms. The standard InChI is InChI=1S/C21H25N5O3/c1-15(20(28)24-17-9-7-16(8-10-17)19(22)27)23-21(29)26-13-11-25(12-14-26)18-5-3-2-4-6-18/h2-10,15H,11-14H2,1H3,(H2,22,27)(H,23,29)(H,24,28)/t15-/m1/s1. The molecule has 0 radical (unpaired) electrons. The Labute approximate surface area is 169 Å². The summed E-state index contributed by atoms with van der Waals surface area (Å²) in [6.45, 7) is 4.28. The van der Waals surface area contributed by atoms with Crippen LogP contribution in [0.2, 0.25) is 0 Å². The van der Waals surface area contributed by atoms with Gasteiger partial charge in [0.05, 0.1) is 0 Å². The number of para-hydroxylation sites is 1. The second kappa shape index (κ2) is 9.09. The van der Waals surface area contributed by atoms with E-state index in [4.69, 9.17) is 5.73 Å². The molecule has 152 valence electrons. The summed E-state index contributed by atoms with van der Waals surface area (Å²) in [5, 5.41) is 5.45. The number of primary amides is 1. The van der Waals surface area contributed by atoms with Crippen LogP contribution in [-0.4, -0.2) is 55.0 Å². The first kappa shape index (κ1) is 20.2. The highest BCUT2D eigenvalue weighted by Crippen LogP contribution is 2.15. The van der Waals surface area contributed by atoms with Crippen molar-refractivity contribution in [3.8, 4) is 0 Å². The summed E-state index contributed by atoms with van der Waals surface area (Å²) in [6, 6.07) is 15.4. The number of amides is 4. The lowest BCUT2D eigenvalue weighted by atomic mass is 10.2. The largest absolute Gasteiger partial charge is 0.368 e. The SMILES string of the molecule is C[C@@H](NC(=O)N1CCN(c2ccccc2)CC1)C(=O)Nc1ccc(C(N)=O)cc1. The molecule has 1 aliphatic rings. The maximum absolute atomic E-state index is 12.5. The van der Waals surface area contributed by atoms with Gasteiger partial charge in [0.15, 0.2) is 0 Å². The van der Waals surface area contributed by atoms with Crippen molar-refractivity contribution in [2.45, 2.75) is 13.0 Å². The highest BCUT2D eigenvalue weighted by molar-refractivity contribution is 5.97. The first-order valence-electron chi connectivity index (χ1n) is 9.50. The Morgan fingerprint density at radius 1 is 0.931 bits per heavy atom. The summed E-state index contributed by atoms with van der Waals surface area (Å²) < 4.78 is 0. The molecule has 4 amide bonds. The fourth-order valence-corrected chi connectivity index (χ4v) is 3.12. The van der Waals surface area contributed by atoms with Crippen molar-refractivity contribution in [3.63, 3.8) is 0 Å². The monoisotopic (exact) mass is 395 g/mol. The molecule has 1 atom stereocenters. The van der Waals surface area contributed by atoms with E-state index in [0.717, 1.165) is 18.8 Å². The molecule has 1 heterocycles. The molecule has 8 nitrogen and oxygen atoms in total. The zero-order valence-corrected chi connectivity index (χ0v) is 16.3. The number of nitrogens with zero attached hydrogens (tertiary/aromatic N) is 2. The molecule has 1 saturated heterocycles. The summed E-state index contributed by atoms with van der Waals surface area (Å²) in [4.78, 5) is 39.9. The highest BCUT2D eigenvalue weighted by Gasteiger charge is 2.24. The van der Waals surface area contributed by atoms with Gasteiger partial charge in [0.25, 0.3) is 0 Å². The van der Waals surface area contributed by atoms with Crippen LogP contribution >= 0.6 is 0 Å². The lowest BCUT2D eigenvalue weighted by Crippen LogP contribution is -2.54. The van der Waals surface area contributed by atoms with Gasteiger partial charge in [-0.05, 0) is 43.3 Å². The molecule has 0 saturated carbocycles. The van der Waals surface area contributed by atoms with Crippen molar-refractivity contribution in [3.05, 3.63) is 60.2 Å². The Hall–Kier alpha value is -3.55. The van der Waals surface area contributed by atoms with E-state index in [1.54, 1.807) is 24.0 Å². The number of carbonyl (C=O) groups excluding carboxylic acids is 3. The van der Waals surface area contributed by atoms with Gasteiger partial charge in [0, 0.05) is 43.1 Å². The number of urea groups is 1. The second-order valence-corrected chi connectivity index (χ2v) is 6.91. The minimum atomic E-state index is -0.703. The zero-order chi connectivity index (χ0) is 20.8. The number of anilines is 2. The van der Waals surface area contributed by atoms with Gasteiger partial charge in [0.1, 0.15) is 6.04 Å². The maximum atomic E-state index is 12.5. The van der Waals surface area contributed by atoms with Crippen LogP contribution in [-0.2, 0) is 4.79 Å². The third kappa shape index (κ3) is 5.25. The van der Waals surface area contributed by atoms with Crippen LogP contribution in [0.15, 0.2) is 54.6 Å². The molecule has 2 aromatic carbocycles. The van der Waals surface area contributed by atoms with Gasteiger partial charge in [-0.15, -0.1) is 0 Å². The van der Waals surface area contributed by atoms with E-state index in [1.165, 1.54) is 12.1 Å².